The van der Waals surface area contributed by atoms with Gasteiger partial charge in [0, 0.05) is 25.4 Å². The molecule has 92 heavy (non-hydrogen) atoms. The van der Waals surface area contributed by atoms with Crippen molar-refractivity contribution >= 4 is 45.2 Å². The molecular formula is C73H128O15Si4. The summed E-state index contributed by atoms with van der Waals surface area (Å²) in [5.74, 6) is 0.369. The van der Waals surface area contributed by atoms with Crippen LogP contribution in [0.25, 0.3) is 0 Å². The Hall–Kier alpha value is -1.83. The Labute approximate surface area is 561 Å². The maximum absolute atomic E-state index is 14.9. The van der Waals surface area contributed by atoms with E-state index < -0.39 is 100 Å². The van der Waals surface area contributed by atoms with E-state index in [1.165, 1.54) is 6.92 Å². The maximum Gasteiger partial charge on any atom is 0.338 e. The zero-order valence-corrected chi connectivity index (χ0v) is 66.1. The number of benzene rings is 1. The van der Waals surface area contributed by atoms with E-state index in [-0.39, 0.29) is 63.2 Å². The van der Waals surface area contributed by atoms with Crippen molar-refractivity contribution in [1.82, 2.24) is 0 Å². The second-order valence-corrected chi connectivity index (χ2v) is 53.5. The van der Waals surface area contributed by atoms with E-state index in [1.54, 1.807) is 36.9 Å². The minimum Gasteiger partial charge on any atom is -0.497 e. The number of hydrogen-bond acceptors (Lipinski definition) is 15. The van der Waals surface area contributed by atoms with Gasteiger partial charge in [-0.05, 0) is 189 Å². The number of esters is 2. The molecule has 4 aliphatic carbocycles. The highest BCUT2D eigenvalue weighted by atomic mass is 28.4. The second-order valence-electron chi connectivity index (χ2n) is 34.5. The summed E-state index contributed by atoms with van der Waals surface area (Å²) in [7, 11) is -8.05. The highest BCUT2D eigenvalue weighted by Gasteiger charge is 2.66. The number of allylic oxidation sites excluding steroid dienone is 1. The average molecular weight is 1360 g/mol. The van der Waals surface area contributed by atoms with Crippen molar-refractivity contribution in [3.05, 3.63) is 41.5 Å². The monoisotopic (exact) mass is 1360 g/mol. The Morgan fingerprint density at radius 2 is 1.20 bits per heavy atom. The van der Waals surface area contributed by atoms with E-state index >= 15 is 0 Å². The van der Waals surface area contributed by atoms with Crippen LogP contribution in [-0.2, 0) is 60.4 Å². The molecule has 15 nitrogen and oxygen atoms in total. The number of rotatable bonds is 24. The Morgan fingerprint density at radius 1 is 0.652 bits per heavy atom. The minimum absolute atomic E-state index is 0.0182. The summed E-state index contributed by atoms with van der Waals surface area (Å²) in [6.45, 7) is 55.3. The van der Waals surface area contributed by atoms with Gasteiger partial charge in [0.15, 0.2) is 63.8 Å². The smallest absolute Gasteiger partial charge is 0.338 e. The summed E-state index contributed by atoms with van der Waals surface area (Å²) < 4.78 is 92.0. The SMILES string of the molecule is CC[Si](CC)(CC)OC1COC(O[C@H]2C[C@H]3[C@@H]4CC=C5C[C@@H](O[Si](C)(C)C(C)(C)C)CC[C@]5(C)[C@H]4CC[C@]3(C)[C@H]2[C@H](C)C2(CCC(C)C)OCCO2)C(OC(C)=O)C1OC1OCC(O[Si](C)(C)C(C)(C)C)C(O[Si](C)(C)C(C)(C)C)C1OC(=O)c1ccc(OC)cc1. The van der Waals surface area contributed by atoms with Gasteiger partial charge in [-0.2, -0.15) is 0 Å². The summed E-state index contributed by atoms with van der Waals surface area (Å²) in [4.78, 5) is 29.0. The average Bonchev–Trinajstić information content (AvgIpc) is 1.46. The molecule has 0 aromatic heterocycles. The van der Waals surface area contributed by atoms with Crippen molar-refractivity contribution in [2.75, 3.05) is 33.5 Å². The van der Waals surface area contributed by atoms with Crippen molar-refractivity contribution in [2.24, 2.45) is 46.3 Å². The van der Waals surface area contributed by atoms with E-state index in [9.17, 15) is 9.59 Å². The Bertz CT molecular complexity index is 2640. The lowest BCUT2D eigenvalue weighted by Gasteiger charge is -2.59. The van der Waals surface area contributed by atoms with Crippen molar-refractivity contribution in [2.45, 2.75) is 322 Å². The molecule has 3 heterocycles. The molecule has 0 amide bonds. The van der Waals surface area contributed by atoms with Crippen LogP contribution >= 0.6 is 0 Å². The van der Waals surface area contributed by atoms with Gasteiger partial charge in [0.05, 0.1) is 57.4 Å². The van der Waals surface area contributed by atoms with Crippen LogP contribution in [0.4, 0.5) is 0 Å². The predicted octanol–water partition coefficient (Wildman–Crippen LogP) is 17.2. The fourth-order valence-electron chi connectivity index (χ4n) is 16.6. The van der Waals surface area contributed by atoms with Crippen LogP contribution in [0, 0.1) is 46.3 Å². The normalized spacial score (nSPS) is 34.3. The first-order valence-corrected chi connectivity index (χ1v) is 47.1. The van der Waals surface area contributed by atoms with Gasteiger partial charge >= 0.3 is 11.9 Å². The van der Waals surface area contributed by atoms with Gasteiger partial charge in [0.25, 0.3) is 0 Å². The van der Waals surface area contributed by atoms with E-state index in [0.29, 0.717) is 48.2 Å². The lowest BCUT2D eigenvalue weighted by molar-refractivity contribution is -0.339. The fraction of sp³-hybridized carbons (Fsp3) is 0.863. The van der Waals surface area contributed by atoms with E-state index in [4.69, 9.17) is 60.3 Å². The van der Waals surface area contributed by atoms with Crippen molar-refractivity contribution < 1.29 is 69.9 Å². The largest absolute Gasteiger partial charge is 0.497 e. The maximum atomic E-state index is 14.9. The van der Waals surface area contributed by atoms with E-state index in [0.717, 1.165) is 75.9 Å². The highest BCUT2D eigenvalue weighted by Crippen LogP contribution is 2.69. The molecule has 1 aromatic carbocycles. The van der Waals surface area contributed by atoms with Gasteiger partial charge in [-0.1, -0.05) is 129 Å². The van der Waals surface area contributed by atoms with Crippen LogP contribution in [0.5, 0.6) is 5.75 Å². The number of carbonyl (C=O) groups excluding carboxylic acids is 2. The number of fused-ring (bicyclic) bond motifs is 5. The fourth-order valence-corrected chi connectivity index (χ4v) is 23.4. The second kappa shape index (κ2) is 28.8. The minimum atomic E-state index is -2.69. The number of methoxy groups -OCH3 is 1. The summed E-state index contributed by atoms with van der Waals surface area (Å²) in [6, 6.07) is 9.45. The Kier molecular flexibility index (Phi) is 23.8. The lowest BCUT2D eigenvalue weighted by Crippen LogP contribution is -2.66. The molecule has 7 aliphatic rings. The molecule has 19 heteroatoms. The van der Waals surface area contributed by atoms with Gasteiger partial charge in [-0.25, -0.2) is 4.79 Å². The summed E-state index contributed by atoms with van der Waals surface area (Å²) in [5, 5.41) is -0.258. The quantitative estimate of drug-likeness (QED) is 0.0547. The third-order valence-electron chi connectivity index (χ3n) is 25.6. The molecule has 0 spiro atoms. The van der Waals surface area contributed by atoms with Gasteiger partial charge in [0.1, 0.15) is 18.0 Å². The van der Waals surface area contributed by atoms with Crippen molar-refractivity contribution in [3.8, 4) is 5.75 Å². The topological polar surface area (TPSA) is 154 Å². The molecular weight excluding hydrogens is 1230 g/mol. The number of carbonyl (C=O) groups is 2. The van der Waals surface area contributed by atoms with Gasteiger partial charge in [0.2, 0.25) is 0 Å². The van der Waals surface area contributed by atoms with Crippen molar-refractivity contribution in [3.63, 3.8) is 0 Å². The lowest BCUT2D eigenvalue weighted by atomic mass is 9.47. The molecule has 3 saturated heterocycles. The van der Waals surface area contributed by atoms with Gasteiger partial charge in [-0.3, -0.25) is 4.79 Å². The first-order chi connectivity index (χ1) is 42.6. The van der Waals surface area contributed by atoms with Crippen LogP contribution in [-0.4, -0.2) is 146 Å². The molecule has 526 valence electrons. The molecule has 6 fully saturated rings. The molecule has 3 aliphatic heterocycles. The van der Waals surface area contributed by atoms with Crippen LogP contribution < -0.4 is 4.74 Å². The van der Waals surface area contributed by atoms with E-state index in [2.05, 4.69) is 163 Å². The zero-order valence-electron chi connectivity index (χ0n) is 62.1. The van der Waals surface area contributed by atoms with Crippen molar-refractivity contribution in [1.29, 1.82) is 0 Å². The Balaban J connectivity index is 1.22. The third kappa shape index (κ3) is 15.8. The zero-order chi connectivity index (χ0) is 68.2. The number of hydrogen-bond donors (Lipinski definition) is 0. The summed E-state index contributed by atoms with van der Waals surface area (Å²) in [6.07, 6.45) is 3.72. The molecule has 8 unspecified atom stereocenters. The van der Waals surface area contributed by atoms with Gasteiger partial charge in [-0.15, -0.1) is 0 Å². The number of ether oxygens (including phenoxy) is 9. The summed E-state index contributed by atoms with van der Waals surface area (Å²) >= 11 is 0. The van der Waals surface area contributed by atoms with Crippen LogP contribution in [0.3, 0.4) is 0 Å². The van der Waals surface area contributed by atoms with Crippen LogP contribution in [0.2, 0.25) is 72.5 Å². The predicted molar refractivity (Wildman–Crippen MR) is 374 cm³/mol. The molecule has 0 bridgehead atoms. The molecule has 1 aromatic rings. The van der Waals surface area contributed by atoms with Gasteiger partial charge < -0.3 is 60.3 Å². The first-order valence-electron chi connectivity index (χ1n) is 35.9. The summed E-state index contributed by atoms with van der Waals surface area (Å²) in [5.41, 5.74) is 1.86. The molecule has 3 saturated carbocycles. The molecule has 0 radical (unpaired) electrons. The standard InChI is InChI=1S/C73H128O15Si4/c1-26-92(27-2,28-3)87-58-45-77-66(63(81-49(7)74)61(58)84-67-64(83-65(75)50-29-32-52(76-19)33-30-50)62(88-91(24,25)70(14,15)16)59(46-78-67)86-90(22,23)69(11,12)13)82-57-44-56-54-34-31-51-43-53(85-89(20,21)68(8,9)10)36-38-71(51,17)55(54)37-39-72(56,18)60(57)48(6)73(40-35-47(4)5)79-41-42-80-73/h29-33,47-48,53-64,66-67H,26-28,34-46H2,1-25H3/t48-,53-,54+,55-,56-,57-,58?,59?,60-,61?,62?,63?,64?,66?,67?,71-,72-/m0/s1. The van der Waals surface area contributed by atoms with E-state index in [1.807, 2.05) is 0 Å². The Morgan fingerprint density at radius 3 is 1.74 bits per heavy atom. The van der Waals surface area contributed by atoms with Crippen LogP contribution in [0.15, 0.2) is 35.9 Å². The highest BCUT2D eigenvalue weighted by molar-refractivity contribution is 6.75. The first kappa shape index (κ1) is 75.9. The molecule has 8 rings (SSSR count). The molecule has 0 N–H and O–H groups in total. The molecule has 17 atom stereocenters. The van der Waals surface area contributed by atoms with Crippen LogP contribution in [0.1, 0.15) is 193 Å². The third-order valence-corrected chi connectivity index (χ3v) is 43.7.